The van der Waals surface area contributed by atoms with Gasteiger partial charge < -0.3 is 5.11 Å². The largest absolute Gasteiger partial charge is 0.478 e. The molecule has 0 aliphatic rings. The van der Waals surface area contributed by atoms with E-state index in [9.17, 15) is 4.79 Å². The van der Waals surface area contributed by atoms with Crippen LogP contribution in [0.5, 0.6) is 0 Å². The van der Waals surface area contributed by atoms with E-state index in [0.717, 1.165) is 6.08 Å². The number of carboxylic acid groups (broad SMARTS) is 1. The molecule has 0 heterocycles. The minimum absolute atomic E-state index is 0. The molecule has 6 heavy (non-hydrogen) atoms. The van der Waals surface area contributed by atoms with E-state index >= 15 is 0 Å². The van der Waals surface area contributed by atoms with Gasteiger partial charge in [0, 0.05) is 33.4 Å². The summed E-state index contributed by atoms with van der Waals surface area (Å²) in [5.74, 6) is -0.981. The van der Waals surface area contributed by atoms with Crippen molar-refractivity contribution in [1.82, 2.24) is 0 Å². The summed E-state index contributed by atoms with van der Waals surface area (Å²) in [4.78, 5) is 9.25. The Labute approximate surface area is 56.0 Å². The SMILES string of the molecule is C=CC(=O)O.[Cd]. The van der Waals surface area contributed by atoms with Crippen molar-refractivity contribution in [2.75, 3.05) is 0 Å². The normalized spacial score (nSPS) is 5.33. The number of carboxylic acids is 1. The molecule has 0 aromatic heterocycles. The van der Waals surface area contributed by atoms with Crippen molar-refractivity contribution < 1.29 is 37.2 Å². The van der Waals surface area contributed by atoms with Gasteiger partial charge in [0.1, 0.15) is 0 Å². The van der Waals surface area contributed by atoms with Crippen LogP contribution in [0.15, 0.2) is 12.7 Å². The van der Waals surface area contributed by atoms with Gasteiger partial charge in [-0.2, -0.15) is 0 Å². The number of hydrogen-bond acceptors (Lipinski definition) is 1. The molecule has 2 nitrogen and oxygen atoms in total. The van der Waals surface area contributed by atoms with Crippen LogP contribution in [-0.4, -0.2) is 11.1 Å². The van der Waals surface area contributed by atoms with Gasteiger partial charge >= 0.3 is 5.97 Å². The summed E-state index contributed by atoms with van der Waals surface area (Å²) in [5, 5.41) is 7.60. The van der Waals surface area contributed by atoms with Crippen LogP contribution in [-0.2, 0) is 32.1 Å². The molecule has 0 unspecified atom stereocenters. The number of carbonyl (C=O) groups is 1. The van der Waals surface area contributed by atoms with Gasteiger partial charge in [0.05, 0.1) is 0 Å². The van der Waals surface area contributed by atoms with Crippen molar-refractivity contribution in [1.29, 1.82) is 0 Å². The van der Waals surface area contributed by atoms with Crippen molar-refractivity contribution in [3.63, 3.8) is 0 Å². The van der Waals surface area contributed by atoms with E-state index in [1.54, 1.807) is 0 Å². The summed E-state index contributed by atoms with van der Waals surface area (Å²) in [6.45, 7) is 2.96. The molecule has 1 N–H and O–H groups in total. The Kier molecular flexibility index (Phi) is 8.09. The second kappa shape index (κ2) is 5.13. The van der Waals surface area contributed by atoms with Crippen LogP contribution in [0.2, 0.25) is 0 Å². The van der Waals surface area contributed by atoms with Crippen molar-refractivity contribution in [2.24, 2.45) is 0 Å². The van der Waals surface area contributed by atoms with Crippen LogP contribution in [0.25, 0.3) is 0 Å². The monoisotopic (exact) mass is 186 g/mol. The summed E-state index contributed by atoms with van der Waals surface area (Å²) in [6.07, 6.45) is 0.833. The average molecular weight is 184 g/mol. The Bertz CT molecular complexity index is 59.8. The number of aliphatic carboxylic acids is 1. The fraction of sp³-hybridized carbons (Fsp3) is 0. The smallest absolute Gasteiger partial charge is 0.327 e. The first-order chi connectivity index (χ1) is 2.27. The summed E-state index contributed by atoms with van der Waals surface area (Å²) in [6, 6.07) is 0. The maximum absolute atomic E-state index is 9.25. The van der Waals surface area contributed by atoms with Crippen molar-refractivity contribution in [3.05, 3.63) is 12.7 Å². The van der Waals surface area contributed by atoms with Gasteiger partial charge in [-0.1, -0.05) is 6.58 Å². The van der Waals surface area contributed by atoms with E-state index in [0.29, 0.717) is 0 Å². The molecule has 0 aromatic carbocycles. The fourth-order valence-corrected chi connectivity index (χ4v) is 0. The zero-order valence-electron chi connectivity index (χ0n) is 3.35. The molecule has 0 saturated carbocycles. The molecule has 0 saturated heterocycles. The molecule has 0 amide bonds. The molecule has 0 atom stereocenters. The predicted octanol–water partition coefficient (Wildman–Crippen LogP) is 0.254. The van der Waals surface area contributed by atoms with Crippen LogP contribution < -0.4 is 0 Å². The van der Waals surface area contributed by atoms with E-state index in [1.807, 2.05) is 0 Å². The first kappa shape index (κ1) is 9.46. The Morgan fingerprint density at radius 2 is 2.00 bits per heavy atom. The molecule has 0 aliphatic heterocycles. The van der Waals surface area contributed by atoms with E-state index in [2.05, 4.69) is 6.58 Å². The molecule has 0 aliphatic carbocycles. The Morgan fingerprint density at radius 3 is 2.00 bits per heavy atom. The van der Waals surface area contributed by atoms with E-state index in [-0.39, 0.29) is 27.3 Å². The summed E-state index contributed by atoms with van der Waals surface area (Å²) >= 11 is 0. The first-order valence-corrected chi connectivity index (χ1v) is 1.12. The Morgan fingerprint density at radius 1 is 1.83 bits per heavy atom. The second-order valence-electron chi connectivity index (χ2n) is 0.542. The molecule has 3 heteroatoms. The van der Waals surface area contributed by atoms with Gasteiger partial charge in [-0.15, -0.1) is 0 Å². The second-order valence-corrected chi connectivity index (χ2v) is 0.542. The van der Waals surface area contributed by atoms with Gasteiger partial charge in [0.2, 0.25) is 0 Å². The summed E-state index contributed by atoms with van der Waals surface area (Å²) < 4.78 is 0. The zero-order valence-corrected chi connectivity index (χ0v) is 7.38. The van der Waals surface area contributed by atoms with Gasteiger partial charge in [-0.25, -0.2) is 4.79 Å². The molecular weight excluding hydrogens is 180 g/mol. The minimum atomic E-state index is -0.981. The maximum atomic E-state index is 9.25. The van der Waals surface area contributed by atoms with Crippen LogP contribution in [0.4, 0.5) is 0 Å². The van der Waals surface area contributed by atoms with Crippen molar-refractivity contribution in [2.45, 2.75) is 0 Å². The van der Waals surface area contributed by atoms with Crippen LogP contribution in [0.3, 0.4) is 0 Å². The van der Waals surface area contributed by atoms with Gasteiger partial charge in [-0.05, 0) is 0 Å². The average Bonchev–Trinajstić information content (AvgIpc) is 1.38. The summed E-state index contributed by atoms with van der Waals surface area (Å²) in [7, 11) is 0. The molecule has 0 aromatic rings. The molecule has 0 rings (SSSR count). The van der Waals surface area contributed by atoms with Gasteiger partial charge in [0.15, 0.2) is 0 Å². The van der Waals surface area contributed by atoms with Gasteiger partial charge in [-0.3, -0.25) is 0 Å². The van der Waals surface area contributed by atoms with Crippen LogP contribution in [0.1, 0.15) is 0 Å². The fourth-order valence-electron chi connectivity index (χ4n) is 0. The first-order valence-electron chi connectivity index (χ1n) is 1.12. The van der Waals surface area contributed by atoms with Crippen molar-refractivity contribution >= 4 is 5.97 Å². The number of rotatable bonds is 1. The molecule has 0 radical (unpaired) electrons. The van der Waals surface area contributed by atoms with Crippen molar-refractivity contribution in [3.8, 4) is 0 Å². The van der Waals surface area contributed by atoms with E-state index in [1.165, 1.54) is 0 Å². The molecule has 0 fully saturated rings. The third kappa shape index (κ3) is 8.92. The molecule has 0 bridgehead atoms. The third-order valence-corrected chi connectivity index (χ3v) is 0.175. The maximum Gasteiger partial charge on any atom is 0.327 e. The van der Waals surface area contributed by atoms with Crippen LogP contribution >= 0.6 is 0 Å². The molecule has 0 spiro atoms. The predicted molar refractivity (Wildman–Crippen MR) is 17.8 cm³/mol. The Hall–Kier alpha value is 0.132. The number of hydrogen-bond donors (Lipinski definition) is 1. The quantitative estimate of drug-likeness (QED) is 0.469. The minimum Gasteiger partial charge on any atom is -0.478 e. The third-order valence-electron chi connectivity index (χ3n) is 0.175. The molecule has 30 valence electrons. The molecular formula is C3H4CdO2. The van der Waals surface area contributed by atoms with E-state index in [4.69, 9.17) is 5.11 Å². The van der Waals surface area contributed by atoms with Crippen LogP contribution in [0, 0.1) is 0 Å². The zero-order chi connectivity index (χ0) is 4.28. The van der Waals surface area contributed by atoms with Gasteiger partial charge in [0.25, 0.3) is 0 Å². The van der Waals surface area contributed by atoms with E-state index < -0.39 is 5.97 Å². The standard InChI is InChI=1S/C3H4O2.Cd/c1-2-3(4)5;/h2H,1H2,(H,4,5);. The summed E-state index contributed by atoms with van der Waals surface area (Å²) in [5.41, 5.74) is 0. The Balaban J connectivity index is 0. The topological polar surface area (TPSA) is 37.3 Å².